The van der Waals surface area contributed by atoms with Gasteiger partial charge in [-0.3, -0.25) is 0 Å². The number of furan rings is 1. The highest BCUT2D eigenvalue weighted by Crippen LogP contribution is 2.43. The molecule has 3 aromatic heterocycles. The molecule has 0 N–H and O–H groups in total. The first-order valence-corrected chi connectivity index (χ1v) is 21.6. The van der Waals surface area contributed by atoms with Crippen LogP contribution in [0.2, 0.25) is 0 Å². The van der Waals surface area contributed by atoms with E-state index in [9.17, 15) is 0 Å². The maximum absolute atomic E-state index is 7.09. The Morgan fingerprint density at radius 1 is 0.297 bits per heavy atom. The second-order valence-corrected chi connectivity index (χ2v) is 16.4. The number of aromatic nitrogens is 4. The highest BCUT2D eigenvalue weighted by Gasteiger charge is 2.23. The van der Waals surface area contributed by atoms with Crippen molar-refractivity contribution in [1.82, 2.24) is 19.5 Å². The van der Waals surface area contributed by atoms with Crippen molar-refractivity contribution in [3.8, 4) is 62.1 Å². The quantitative estimate of drug-likeness (QED) is 0.168. The van der Waals surface area contributed by atoms with E-state index >= 15 is 0 Å². The Morgan fingerprint density at radius 2 is 0.844 bits per heavy atom. The lowest BCUT2D eigenvalue weighted by Gasteiger charge is -2.13. The van der Waals surface area contributed by atoms with Crippen LogP contribution >= 0.6 is 0 Å². The molecular formula is C59H36N4O. The molecule has 0 aliphatic carbocycles. The summed E-state index contributed by atoms with van der Waals surface area (Å²) in [7, 11) is 0. The Labute approximate surface area is 368 Å². The summed E-state index contributed by atoms with van der Waals surface area (Å²) in [5, 5.41) is 8.97. The Morgan fingerprint density at radius 3 is 1.53 bits per heavy atom. The Kier molecular flexibility index (Phi) is 8.15. The van der Waals surface area contributed by atoms with E-state index in [4.69, 9.17) is 19.4 Å². The molecule has 0 fully saturated rings. The van der Waals surface area contributed by atoms with Gasteiger partial charge in [0.25, 0.3) is 0 Å². The molecule has 64 heavy (non-hydrogen) atoms. The standard InChI is InChI=1S/C59H36N4O/c1-3-15-37(16-4-1)40-22-13-24-44(31-40)57-60-58(45-25-14-23-41(32-45)38-17-5-2-6-18-38)62-59(61-57)52-36-46(35-51-49-30-29-39-19-9-10-26-47(39)55(49)64-56(51)52)63-53-28-12-11-27-48(53)50-33-42-20-7-8-21-43(42)34-54(50)63/h1-36H. The molecule has 298 valence electrons. The molecule has 13 rings (SSSR count). The molecule has 3 heterocycles. The number of para-hydroxylation sites is 1. The van der Waals surface area contributed by atoms with Crippen molar-refractivity contribution >= 4 is 65.3 Å². The van der Waals surface area contributed by atoms with Crippen molar-refractivity contribution in [2.24, 2.45) is 0 Å². The number of fused-ring (bicyclic) bond motifs is 9. The Hall–Kier alpha value is -8.67. The normalized spacial score (nSPS) is 11.8. The molecular weight excluding hydrogens is 781 g/mol. The zero-order chi connectivity index (χ0) is 42.1. The molecule has 0 saturated heterocycles. The maximum Gasteiger partial charge on any atom is 0.167 e. The Bertz CT molecular complexity index is 3860. The molecule has 5 heteroatoms. The van der Waals surface area contributed by atoms with Gasteiger partial charge in [0.2, 0.25) is 0 Å². The maximum atomic E-state index is 7.09. The SMILES string of the molecule is c1ccc(-c2cccc(-c3nc(-c4cccc(-c5ccccc5)c4)nc(-c4cc(-n5c6ccccc6c6cc7ccccc7cc65)cc5c4oc4c6ccccc6ccc54)n3)c2)cc1. The minimum Gasteiger partial charge on any atom is -0.455 e. The van der Waals surface area contributed by atoms with Gasteiger partial charge in [-0.05, 0) is 86.9 Å². The van der Waals surface area contributed by atoms with E-state index < -0.39 is 0 Å². The van der Waals surface area contributed by atoms with Crippen molar-refractivity contribution < 1.29 is 4.42 Å². The van der Waals surface area contributed by atoms with Gasteiger partial charge in [0.15, 0.2) is 17.5 Å². The van der Waals surface area contributed by atoms with Crippen LogP contribution in [0.3, 0.4) is 0 Å². The molecule has 0 saturated carbocycles. The Balaban J connectivity index is 1.12. The molecule has 0 radical (unpaired) electrons. The van der Waals surface area contributed by atoms with Gasteiger partial charge >= 0.3 is 0 Å². The highest BCUT2D eigenvalue weighted by molar-refractivity contribution is 6.18. The second kappa shape index (κ2) is 14.5. The number of hydrogen-bond acceptors (Lipinski definition) is 4. The van der Waals surface area contributed by atoms with Gasteiger partial charge in [-0.25, -0.2) is 15.0 Å². The number of rotatable bonds is 6. The molecule has 0 aliphatic heterocycles. The van der Waals surface area contributed by atoms with Crippen LogP contribution in [0.15, 0.2) is 223 Å². The predicted molar refractivity (Wildman–Crippen MR) is 264 cm³/mol. The summed E-state index contributed by atoms with van der Waals surface area (Å²) in [4.78, 5) is 16.0. The van der Waals surface area contributed by atoms with Crippen molar-refractivity contribution in [3.05, 3.63) is 218 Å². The summed E-state index contributed by atoms with van der Waals surface area (Å²) in [5.74, 6) is 1.68. The summed E-state index contributed by atoms with van der Waals surface area (Å²) < 4.78 is 9.48. The van der Waals surface area contributed by atoms with Crippen molar-refractivity contribution in [2.75, 3.05) is 0 Å². The van der Waals surface area contributed by atoms with Crippen LogP contribution in [0, 0.1) is 0 Å². The molecule has 0 aliphatic rings. The van der Waals surface area contributed by atoms with Crippen molar-refractivity contribution in [2.45, 2.75) is 0 Å². The third-order valence-corrected chi connectivity index (χ3v) is 12.6. The van der Waals surface area contributed by atoms with Gasteiger partial charge < -0.3 is 8.98 Å². The average molecular weight is 817 g/mol. The fourth-order valence-corrected chi connectivity index (χ4v) is 9.51. The third kappa shape index (κ3) is 5.90. The van der Waals surface area contributed by atoms with Crippen molar-refractivity contribution in [3.63, 3.8) is 0 Å². The molecule has 13 aromatic rings. The molecule has 0 unspecified atom stereocenters. The van der Waals surface area contributed by atoms with Crippen LogP contribution in [-0.2, 0) is 0 Å². The monoisotopic (exact) mass is 816 g/mol. The van der Waals surface area contributed by atoms with Crippen LogP contribution in [0.5, 0.6) is 0 Å². The molecule has 0 spiro atoms. The highest BCUT2D eigenvalue weighted by atomic mass is 16.3. The van der Waals surface area contributed by atoms with E-state index in [0.717, 1.165) is 88.4 Å². The van der Waals surface area contributed by atoms with E-state index in [0.29, 0.717) is 17.5 Å². The lowest BCUT2D eigenvalue weighted by molar-refractivity contribution is 0.673. The lowest BCUT2D eigenvalue weighted by atomic mass is 10.0. The second-order valence-electron chi connectivity index (χ2n) is 16.4. The zero-order valence-electron chi connectivity index (χ0n) is 34.5. The van der Waals surface area contributed by atoms with Gasteiger partial charge in [0.05, 0.1) is 16.6 Å². The minimum absolute atomic E-state index is 0.525. The van der Waals surface area contributed by atoms with Crippen LogP contribution < -0.4 is 0 Å². The van der Waals surface area contributed by atoms with E-state index in [2.05, 4.69) is 211 Å². The molecule has 0 bridgehead atoms. The summed E-state index contributed by atoms with van der Waals surface area (Å²) in [5.41, 5.74) is 11.8. The van der Waals surface area contributed by atoms with E-state index in [1.54, 1.807) is 0 Å². The fourth-order valence-electron chi connectivity index (χ4n) is 9.51. The van der Waals surface area contributed by atoms with Crippen LogP contribution in [-0.4, -0.2) is 19.5 Å². The topological polar surface area (TPSA) is 56.7 Å². The van der Waals surface area contributed by atoms with Gasteiger partial charge in [-0.1, -0.05) is 170 Å². The third-order valence-electron chi connectivity index (χ3n) is 12.6. The number of hydrogen-bond donors (Lipinski definition) is 0. The van der Waals surface area contributed by atoms with Gasteiger partial charge in [0, 0.05) is 43.7 Å². The van der Waals surface area contributed by atoms with Crippen LogP contribution in [0.25, 0.3) is 127 Å². The predicted octanol–water partition coefficient (Wildman–Crippen LogP) is 15.5. The largest absolute Gasteiger partial charge is 0.455 e. The van der Waals surface area contributed by atoms with E-state index in [-0.39, 0.29) is 0 Å². The molecule has 5 nitrogen and oxygen atoms in total. The summed E-state index contributed by atoms with van der Waals surface area (Å²) in [6, 6.07) is 76.9. The smallest absolute Gasteiger partial charge is 0.167 e. The van der Waals surface area contributed by atoms with Crippen LogP contribution in [0.1, 0.15) is 0 Å². The first kappa shape index (κ1) is 36.0. The van der Waals surface area contributed by atoms with Gasteiger partial charge in [-0.2, -0.15) is 0 Å². The number of benzene rings is 10. The fraction of sp³-hybridized carbons (Fsp3) is 0. The molecule has 0 atom stereocenters. The number of nitrogens with zero attached hydrogens (tertiary/aromatic N) is 4. The van der Waals surface area contributed by atoms with E-state index in [1.165, 1.54) is 21.5 Å². The lowest BCUT2D eigenvalue weighted by Crippen LogP contribution is -2.02. The molecule has 0 amide bonds. The summed E-state index contributed by atoms with van der Waals surface area (Å²) >= 11 is 0. The van der Waals surface area contributed by atoms with Crippen LogP contribution in [0.4, 0.5) is 0 Å². The van der Waals surface area contributed by atoms with Gasteiger partial charge in [0.1, 0.15) is 11.2 Å². The minimum atomic E-state index is 0.525. The summed E-state index contributed by atoms with van der Waals surface area (Å²) in [6.07, 6.45) is 0. The first-order valence-electron chi connectivity index (χ1n) is 21.6. The zero-order valence-corrected chi connectivity index (χ0v) is 34.5. The molecule has 10 aromatic carbocycles. The van der Waals surface area contributed by atoms with E-state index in [1.807, 2.05) is 12.1 Å². The average Bonchev–Trinajstić information content (AvgIpc) is 3.91. The summed E-state index contributed by atoms with van der Waals surface area (Å²) in [6.45, 7) is 0. The first-order chi connectivity index (χ1) is 31.7. The van der Waals surface area contributed by atoms with Crippen molar-refractivity contribution in [1.29, 1.82) is 0 Å². The van der Waals surface area contributed by atoms with Gasteiger partial charge in [-0.15, -0.1) is 0 Å².